The highest BCUT2D eigenvalue weighted by Crippen LogP contribution is 2.35. The fourth-order valence-electron chi connectivity index (χ4n) is 1.02. The maximum Gasteiger partial charge on any atom is 0.0693 e. The zero-order chi connectivity index (χ0) is 5.28. The van der Waals surface area contributed by atoms with Gasteiger partial charge in [0.25, 0.3) is 0 Å². The molecule has 0 aliphatic heterocycles. The van der Waals surface area contributed by atoms with Crippen LogP contribution < -0.4 is 0 Å². The summed E-state index contributed by atoms with van der Waals surface area (Å²) in [6.07, 6.45) is 3.48. The standard InChI is InChI=1S/C5H8B2/c6-4-2-1-3-5(4)7/h4-5H,1-3H2. The predicted octanol–water partition coefficient (Wildman–Crippen LogP) is 1.08. The summed E-state index contributed by atoms with van der Waals surface area (Å²) in [4.78, 5) is 0. The van der Waals surface area contributed by atoms with Crippen LogP contribution in [-0.4, -0.2) is 15.7 Å². The summed E-state index contributed by atoms with van der Waals surface area (Å²) < 4.78 is 0. The third-order valence-corrected chi connectivity index (χ3v) is 1.62. The van der Waals surface area contributed by atoms with Crippen LogP contribution in [-0.2, 0) is 0 Å². The molecule has 1 aliphatic carbocycles. The van der Waals surface area contributed by atoms with E-state index in [0.29, 0.717) is 11.6 Å². The van der Waals surface area contributed by atoms with Crippen LogP contribution in [0.5, 0.6) is 0 Å². The lowest BCUT2D eigenvalue weighted by Crippen LogP contribution is -1.92. The Hall–Kier alpha value is 0.130. The second-order valence-corrected chi connectivity index (χ2v) is 2.26. The molecule has 7 heavy (non-hydrogen) atoms. The molecule has 0 bridgehead atoms. The van der Waals surface area contributed by atoms with E-state index in [1.54, 1.807) is 0 Å². The molecule has 2 heteroatoms. The molecule has 2 atom stereocenters. The van der Waals surface area contributed by atoms with Gasteiger partial charge in [-0.15, -0.1) is 0 Å². The third kappa shape index (κ3) is 1.02. The van der Waals surface area contributed by atoms with Gasteiger partial charge < -0.3 is 0 Å². The van der Waals surface area contributed by atoms with E-state index in [-0.39, 0.29) is 0 Å². The Morgan fingerprint density at radius 3 is 1.57 bits per heavy atom. The minimum absolute atomic E-state index is 0.292. The molecular weight excluding hydrogens is 81.7 g/mol. The first-order valence-corrected chi connectivity index (χ1v) is 2.82. The van der Waals surface area contributed by atoms with Gasteiger partial charge in [-0.3, -0.25) is 0 Å². The SMILES string of the molecule is [B]C1CCCC1[B]. The lowest BCUT2D eigenvalue weighted by Gasteiger charge is -2.05. The first-order valence-electron chi connectivity index (χ1n) is 2.82. The largest absolute Gasteiger partial charge is 0.0822 e. The predicted molar refractivity (Wildman–Crippen MR) is 32.9 cm³/mol. The summed E-state index contributed by atoms with van der Waals surface area (Å²) in [6, 6.07) is 0. The molecule has 4 radical (unpaired) electrons. The monoisotopic (exact) mass is 90.1 g/mol. The van der Waals surface area contributed by atoms with Crippen molar-refractivity contribution in [1.82, 2.24) is 0 Å². The van der Waals surface area contributed by atoms with Crippen molar-refractivity contribution in [2.45, 2.75) is 30.9 Å². The van der Waals surface area contributed by atoms with E-state index in [9.17, 15) is 0 Å². The fraction of sp³-hybridized carbons (Fsp3) is 1.00. The molecular formula is C5H8B2. The Morgan fingerprint density at radius 2 is 1.43 bits per heavy atom. The Morgan fingerprint density at radius 1 is 1.00 bits per heavy atom. The maximum atomic E-state index is 5.55. The molecule has 1 aliphatic rings. The summed E-state index contributed by atoms with van der Waals surface area (Å²) in [5, 5.41) is 0. The van der Waals surface area contributed by atoms with E-state index in [2.05, 4.69) is 0 Å². The van der Waals surface area contributed by atoms with Crippen LogP contribution in [0.1, 0.15) is 19.3 Å². The molecule has 34 valence electrons. The highest BCUT2D eigenvalue weighted by atomic mass is 14.1. The molecule has 1 saturated carbocycles. The van der Waals surface area contributed by atoms with Gasteiger partial charge in [0.1, 0.15) is 0 Å². The average molecular weight is 89.7 g/mol. The smallest absolute Gasteiger partial charge is 0.0693 e. The van der Waals surface area contributed by atoms with Crippen LogP contribution in [0.15, 0.2) is 0 Å². The van der Waals surface area contributed by atoms with Gasteiger partial charge in [0.15, 0.2) is 0 Å². The molecule has 0 aromatic heterocycles. The molecule has 1 fully saturated rings. The van der Waals surface area contributed by atoms with Gasteiger partial charge in [-0.2, -0.15) is 0 Å². The molecule has 0 nitrogen and oxygen atoms in total. The topological polar surface area (TPSA) is 0 Å². The van der Waals surface area contributed by atoms with Crippen LogP contribution in [0.4, 0.5) is 0 Å². The molecule has 1 rings (SSSR count). The van der Waals surface area contributed by atoms with Gasteiger partial charge in [-0.25, -0.2) is 0 Å². The van der Waals surface area contributed by atoms with Crippen molar-refractivity contribution >= 4 is 15.7 Å². The van der Waals surface area contributed by atoms with Gasteiger partial charge in [-0.05, 0) is 0 Å². The Kier molecular flexibility index (Phi) is 1.46. The molecule has 0 saturated heterocycles. The zero-order valence-corrected chi connectivity index (χ0v) is 4.43. The van der Waals surface area contributed by atoms with Crippen LogP contribution in [0, 0.1) is 0 Å². The normalized spacial score (nSPS) is 41.7. The highest BCUT2D eigenvalue weighted by molar-refractivity contribution is 6.21. The molecule has 0 spiro atoms. The second-order valence-electron chi connectivity index (χ2n) is 2.26. The Balaban J connectivity index is 2.33. The first-order chi connectivity index (χ1) is 3.30. The van der Waals surface area contributed by atoms with E-state index in [0.717, 1.165) is 12.8 Å². The lowest BCUT2D eigenvalue weighted by atomic mass is 9.69. The van der Waals surface area contributed by atoms with Crippen molar-refractivity contribution in [2.75, 3.05) is 0 Å². The van der Waals surface area contributed by atoms with Crippen molar-refractivity contribution in [3.05, 3.63) is 0 Å². The molecule has 2 unspecified atom stereocenters. The molecule has 0 N–H and O–H groups in total. The molecule has 0 aromatic carbocycles. The summed E-state index contributed by atoms with van der Waals surface area (Å²) in [5.74, 6) is 0.583. The van der Waals surface area contributed by atoms with E-state index >= 15 is 0 Å². The van der Waals surface area contributed by atoms with Crippen molar-refractivity contribution in [3.8, 4) is 0 Å². The molecule has 0 heterocycles. The molecule has 0 amide bonds. The Labute approximate surface area is 47.5 Å². The second kappa shape index (κ2) is 1.94. The van der Waals surface area contributed by atoms with Crippen LogP contribution in [0.3, 0.4) is 0 Å². The number of hydrogen-bond donors (Lipinski definition) is 0. The maximum absolute atomic E-state index is 5.55. The number of hydrogen-bond acceptors (Lipinski definition) is 0. The van der Waals surface area contributed by atoms with Gasteiger partial charge in [0.2, 0.25) is 0 Å². The van der Waals surface area contributed by atoms with Gasteiger partial charge in [0, 0.05) is 0 Å². The lowest BCUT2D eigenvalue weighted by molar-refractivity contribution is 0.875. The summed E-state index contributed by atoms with van der Waals surface area (Å²) in [6.45, 7) is 0. The fourth-order valence-corrected chi connectivity index (χ4v) is 1.02. The minimum Gasteiger partial charge on any atom is -0.0822 e. The van der Waals surface area contributed by atoms with Crippen LogP contribution in [0.2, 0.25) is 11.6 Å². The molecule has 0 aromatic rings. The minimum atomic E-state index is 0.292. The number of rotatable bonds is 0. The van der Waals surface area contributed by atoms with Crippen LogP contribution in [0.25, 0.3) is 0 Å². The van der Waals surface area contributed by atoms with Gasteiger partial charge in [-0.1, -0.05) is 30.9 Å². The first kappa shape index (κ1) is 5.27. The van der Waals surface area contributed by atoms with Gasteiger partial charge in [0.05, 0.1) is 15.7 Å². The summed E-state index contributed by atoms with van der Waals surface area (Å²) in [7, 11) is 11.1. The quantitative estimate of drug-likeness (QED) is 0.390. The Bertz CT molecular complexity index is 55.1. The van der Waals surface area contributed by atoms with Crippen molar-refractivity contribution in [3.63, 3.8) is 0 Å². The van der Waals surface area contributed by atoms with E-state index < -0.39 is 0 Å². The zero-order valence-electron chi connectivity index (χ0n) is 4.43. The van der Waals surface area contributed by atoms with E-state index in [4.69, 9.17) is 15.7 Å². The summed E-state index contributed by atoms with van der Waals surface area (Å²) >= 11 is 0. The van der Waals surface area contributed by atoms with Gasteiger partial charge >= 0.3 is 0 Å². The average Bonchev–Trinajstić information content (AvgIpc) is 1.91. The van der Waals surface area contributed by atoms with E-state index in [1.165, 1.54) is 6.42 Å². The van der Waals surface area contributed by atoms with Crippen molar-refractivity contribution in [1.29, 1.82) is 0 Å². The van der Waals surface area contributed by atoms with Crippen LogP contribution >= 0.6 is 0 Å². The summed E-state index contributed by atoms with van der Waals surface area (Å²) in [5.41, 5.74) is 0. The third-order valence-electron chi connectivity index (χ3n) is 1.62. The van der Waals surface area contributed by atoms with Crippen molar-refractivity contribution < 1.29 is 0 Å². The van der Waals surface area contributed by atoms with E-state index in [1.807, 2.05) is 0 Å². The van der Waals surface area contributed by atoms with Crippen molar-refractivity contribution in [2.24, 2.45) is 0 Å². The highest BCUT2D eigenvalue weighted by Gasteiger charge is 2.16.